The van der Waals surface area contributed by atoms with Gasteiger partial charge in [-0.3, -0.25) is 13.8 Å². The van der Waals surface area contributed by atoms with E-state index < -0.39 is 22.4 Å². The molecule has 1 saturated heterocycles. The summed E-state index contributed by atoms with van der Waals surface area (Å²) in [5, 5.41) is 2.82. The Hall–Kier alpha value is -0.910. The van der Waals surface area contributed by atoms with Gasteiger partial charge in [-0.2, -0.15) is 0 Å². The van der Waals surface area contributed by atoms with Gasteiger partial charge in [-0.15, -0.1) is 0 Å². The first-order chi connectivity index (χ1) is 8.89. The summed E-state index contributed by atoms with van der Waals surface area (Å²) in [5.41, 5.74) is -0.823. The molecule has 6 heteroatoms. The van der Waals surface area contributed by atoms with Crippen LogP contribution in [0.5, 0.6) is 0 Å². The monoisotopic (exact) mass is 288 g/mol. The molecule has 1 rings (SSSR count). The summed E-state index contributed by atoms with van der Waals surface area (Å²) in [5.74, 6) is 0.852. The number of hydrogen-bond donors (Lipinski definition) is 1. The zero-order valence-electron chi connectivity index (χ0n) is 12.2. The van der Waals surface area contributed by atoms with E-state index in [2.05, 4.69) is 5.32 Å². The molecule has 0 radical (unpaired) electrons. The first kappa shape index (κ1) is 16.1. The molecule has 3 atom stereocenters. The van der Waals surface area contributed by atoms with Crippen LogP contribution in [-0.4, -0.2) is 50.6 Å². The largest absolute Gasteiger partial charge is 0.340 e. The Labute approximate surface area is 117 Å². The molecule has 0 bridgehead atoms. The van der Waals surface area contributed by atoms with Crippen molar-refractivity contribution in [3.05, 3.63) is 0 Å². The van der Waals surface area contributed by atoms with Crippen LogP contribution in [0.3, 0.4) is 0 Å². The summed E-state index contributed by atoms with van der Waals surface area (Å²) in [6, 6.07) is -0.430. The Kier molecular flexibility index (Phi) is 5.52. The van der Waals surface area contributed by atoms with Gasteiger partial charge in [0.15, 0.2) is 0 Å². The Bertz CT molecular complexity index is 386. The maximum atomic E-state index is 12.5. The first-order valence-corrected chi connectivity index (χ1v) is 8.36. The predicted octanol–water partition coefficient (Wildman–Crippen LogP) is 0.661. The number of nitrogens with zero attached hydrogens (tertiary/aromatic N) is 1. The molecular weight excluding hydrogens is 264 g/mol. The van der Waals surface area contributed by atoms with Gasteiger partial charge in [-0.25, -0.2) is 0 Å². The average Bonchev–Trinajstić information content (AvgIpc) is 2.40. The number of rotatable bonds is 6. The molecule has 1 N–H and O–H groups in total. The molecule has 1 aliphatic heterocycles. The SMILES string of the molecule is CCC1C(=O)NC(C)(CC)C(=O)N1CCS(=O)CC. The summed E-state index contributed by atoms with van der Waals surface area (Å²) < 4.78 is 11.5. The molecule has 0 aliphatic carbocycles. The van der Waals surface area contributed by atoms with E-state index in [9.17, 15) is 13.8 Å². The van der Waals surface area contributed by atoms with Crippen molar-refractivity contribution < 1.29 is 13.8 Å². The molecule has 3 unspecified atom stereocenters. The van der Waals surface area contributed by atoms with E-state index in [1.165, 1.54) is 0 Å². The Morgan fingerprint density at radius 1 is 1.32 bits per heavy atom. The van der Waals surface area contributed by atoms with Gasteiger partial charge < -0.3 is 10.2 Å². The lowest BCUT2D eigenvalue weighted by molar-refractivity contribution is -0.154. The lowest BCUT2D eigenvalue weighted by Crippen LogP contribution is -2.69. The van der Waals surface area contributed by atoms with Crippen LogP contribution < -0.4 is 5.32 Å². The molecule has 5 nitrogen and oxygen atoms in total. The maximum absolute atomic E-state index is 12.5. The number of carbonyl (C=O) groups is 2. The van der Waals surface area contributed by atoms with Gasteiger partial charge in [0.05, 0.1) is 0 Å². The molecule has 19 heavy (non-hydrogen) atoms. The maximum Gasteiger partial charge on any atom is 0.248 e. The summed E-state index contributed by atoms with van der Waals surface area (Å²) in [7, 11) is -0.924. The van der Waals surface area contributed by atoms with E-state index in [4.69, 9.17) is 0 Å². The number of hydrogen-bond acceptors (Lipinski definition) is 3. The highest BCUT2D eigenvalue weighted by atomic mass is 32.2. The zero-order chi connectivity index (χ0) is 14.6. The van der Waals surface area contributed by atoms with E-state index in [1.807, 2.05) is 20.8 Å². The number of nitrogens with one attached hydrogen (secondary N) is 1. The number of carbonyl (C=O) groups excluding carboxylic acids is 2. The highest BCUT2D eigenvalue weighted by molar-refractivity contribution is 7.84. The van der Waals surface area contributed by atoms with Crippen LogP contribution in [-0.2, 0) is 20.4 Å². The minimum atomic E-state index is -0.924. The lowest BCUT2D eigenvalue weighted by atomic mass is 9.91. The Balaban J connectivity index is 2.90. The molecule has 2 amide bonds. The summed E-state index contributed by atoms with van der Waals surface area (Å²) >= 11 is 0. The van der Waals surface area contributed by atoms with Gasteiger partial charge in [-0.05, 0) is 19.8 Å². The van der Waals surface area contributed by atoms with Crippen LogP contribution >= 0.6 is 0 Å². The quantitative estimate of drug-likeness (QED) is 0.781. The topological polar surface area (TPSA) is 66.5 Å². The highest BCUT2D eigenvalue weighted by Gasteiger charge is 2.46. The van der Waals surface area contributed by atoms with Gasteiger partial charge in [-0.1, -0.05) is 20.8 Å². The van der Waals surface area contributed by atoms with Crippen LogP contribution in [0.1, 0.15) is 40.5 Å². The molecule has 0 saturated carbocycles. The Morgan fingerprint density at radius 2 is 1.95 bits per heavy atom. The lowest BCUT2D eigenvalue weighted by Gasteiger charge is -2.43. The smallest absolute Gasteiger partial charge is 0.248 e. The molecule has 1 fully saturated rings. The minimum absolute atomic E-state index is 0.0606. The summed E-state index contributed by atoms with van der Waals surface area (Å²) in [6.45, 7) is 7.76. The minimum Gasteiger partial charge on any atom is -0.340 e. The van der Waals surface area contributed by atoms with Crippen LogP contribution in [0.15, 0.2) is 0 Å². The van der Waals surface area contributed by atoms with Gasteiger partial charge in [0.1, 0.15) is 11.6 Å². The second-order valence-corrected chi connectivity index (χ2v) is 6.90. The third kappa shape index (κ3) is 3.35. The van der Waals surface area contributed by atoms with Crippen molar-refractivity contribution in [3.8, 4) is 0 Å². The van der Waals surface area contributed by atoms with Crippen LogP contribution in [0.2, 0.25) is 0 Å². The zero-order valence-corrected chi connectivity index (χ0v) is 13.0. The van der Waals surface area contributed by atoms with Crippen molar-refractivity contribution >= 4 is 22.6 Å². The number of piperazine rings is 1. The fraction of sp³-hybridized carbons (Fsp3) is 0.846. The average molecular weight is 288 g/mol. The third-order valence-electron chi connectivity index (χ3n) is 3.79. The van der Waals surface area contributed by atoms with Crippen molar-refractivity contribution in [3.63, 3.8) is 0 Å². The van der Waals surface area contributed by atoms with Crippen molar-refractivity contribution in [2.24, 2.45) is 0 Å². The van der Waals surface area contributed by atoms with E-state index in [0.717, 1.165) is 0 Å². The van der Waals surface area contributed by atoms with Crippen LogP contribution in [0.4, 0.5) is 0 Å². The molecule has 1 aliphatic rings. The highest BCUT2D eigenvalue weighted by Crippen LogP contribution is 2.22. The van der Waals surface area contributed by atoms with E-state index in [-0.39, 0.29) is 11.8 Å². The summed E-state index contributed by atoms with van der Waals surface area (Å²) in [4.78, 5) is 26.2. The third-order valence-corrected chi connectivity index (χ3v) is 5.07. The standard InChI is InChI=1S/C13H24N2O3S/c1-5-10-11(16)14-13(4,6-2)12(17)15(10)8-9-19(18)7-3/h10H,5-9H2,1-4H3,(H,14,16). The molecule has 110 valence electrons. The molecule has 0 aromatic heterocycles. The molecule has 0 spiro atoms. The first-order valence-electron chi connectivity index (χ1n) is 6.87. The van der Waals surface area contributed by atoms with E-state index in [0.29, 0.717) is 30.9 Å². The van der Waals surface area contributed by atoms with Gasteiger partial charge in [0.2, 0.25) is 11.8 Å². The van der Waals surface area contributed by atoms with Crippen LogP contribution in [0.25, 0.3) is 0 Å². The number of amides is 2. The van der Waals surface area contributed by atoms with Crippen molar-refractivity contribution in [2.45, 2.75) is 52.1 Å². The fourth-order valence-electron chi connectivity index (χ4n) is 2.26. The molecule has 0 aromatic rings. The fourth-order valence-corrected chi connectivity index (χ4v) is 2.95. The predicted molar refractivity (Wildman–Crippen MR) is 76.2 cm³/mol. The molecule has 1 heterocycles. The van der Waals surface area contributed by atoms with Gasteiger partial charge in [0.25, 0.3) is 0 Å². The Morgan fingerprint density at radius 3 is 2.42 bits per heavy atom. The van der Waals surface area contributed by atoms with E-state index in [1.54, 1.807) is 11.8 Å². The molecule has 0 aromatic carbocycles. The van der Waals surface area contributed by atoms with Crippen molar-refractivity contribution in [1.82, 2.24) is 10.2 Å². The van der Waals surface area contributed by atoms with Crippen molar-refractivity contribution in [1.29, 1.82) is 0 Å². The second kappa shape index (κ2) is 6.50. The van der Waals surface area contributed by atoms with E-state index >= 15 is 0 Å². The second-order valence-electron chi connectivity index (χ2n) is 5.03. The molecular formula is C13H24N2O3S. The van der Waals surface area contributed by atoms with Crippen LogP contribution in [0, 0.1) is 0 Å². The summed E-state index contributed by atoms with van der Waals surface area (Å²) in [6.07, 6.45) is 1.14. The van der Waals surface area contributed by atoms with Gasteiger partial charge >= 0.3 is 0 Å². The van der Waals surface area contributed by atoms with Crippen molar-refractivity contribution in [2.75, 3.05) is 18.1 Å². The normalized spacial score (nSPS) is 29.3. The van der Waals surface area contributed by atoms with Gasteiger partial charge in [0, 0.05) is 28.9 Å².